The van der Waals surface area contributed by atoms with Crippen molar-refractivity contribution < 1.29 is 5.11 Å². The first-order valence-electron chi connectivity index (χ1n) is 4.25. The van der Waals surface area contributed by atoms with Crippen LogP contribution >= 0.6 is 24.2 Å². The Bertz CT molecular complexity index is 253. The lowest BCUT2D eigenvalue weighted by atomic mass is 10.1. The number of hydrogen-bond acceptors (Lipinski definition) is 3. The van der Waals surface area contributed by atoms with Crippen LogP contribution in [0.15, 0.2) is 29.2 Å². The van der Waals surface area contributed by atoms with Crippen molar-refractivity contribution in [1.29, 1.82) is 0 Å². The summed E-state index contributed by atoms with van der Waals surface area (Å²) in [4.78, 5) is 1.25. The molecule has 0 bridgehead atoms. The standard InChI is InChI=1S/C10H15NOS.ClH/c1-13-10-4-2-8(3-5-10)6-9(11)7-12;/h2-5,9,12H,6-7,11H2,1H3;1H. The number of benzene rings is 1. The largest absolute Gasteiger partial charge is 0.395 e. The first kappa shape index (κ1) is 13.8. The molecule has 1 aromatic carbocycles. The zero-order valence-corrected chi connectivity index (χ0v) is 9.78. The van der Waals surface area contributed by atoms with E-state index in [9.17, 15) is 0 Å². The van der Waals surface area contributed by atoms with E-state index < -0.39 is 0 Å². The lowest BCUT2D eigenvalue weighted by molar-refractivity contribution is 0.265. The van der Waals surface area contributed by atoms with E-state index in [0.717, 1.165) is 6.42 Å². The highest BCUT2D eigenvalue weighted by Gasteiger charge is 2.01. The van der Waals surface area contributed by atoms with Crippen molar-refractivity contribution >= 4 is 24.2 Å². The number of aliphatic hydroxyl groups excluding tert-OH is 1. The maximum Gasteiger partial charge on any atom is 0.0585 e. The summed E-state index contributed by atoms with van der Waals surface area (Å²) in [5, 5.41) is 8.77. The van der Waals surface area contributed by atoms with E-state index >= 15 is 0 Å². The van der Waals surface area contributed by atoms with Crippen LogP contribution in [0.2, 0.25) is 0 Å². The fraction of sp³-hybridized carbons (Fsp3) is 0.400. The molecule has 0 aromatic heterocycles. The molecule has 0 heterocycles. The van der Waals surface area contributed by atoms with Gasteiger partial charge < -0.3 is 10.8 Å². The smallest absolute Gasteiger partial charge is 0.0585 e. The molecule has 0 aliphatic heterocycles. The van der Waals surface area contributed by atoms with Gasteiger partial charge in [0.05, 0.1) is 6.61 Å². The second kappa shape index (κ2) is 7.12. The highest BCUT2D eigenvalue weighted by atomic mass is 35.5. The third kappa shape index (κ3) is 4.33. The molecule has 0 saturated carbocycles. The predicted octanol–water partition coefficient (Wildman–Crippen LogP) is 1.69. The van der Waals surface area contributed by atoms with Gasteiger partial charge in [-0.1, -0.05) is 12.1 Å². The molecule has 0 saturated heterocycles. The molecule has 3 N–H and O–H groups in total. The van der Waals surface area contributed by atoms with Gasteiger partial charge in [0.25, 0.3) is 0 Å². The molecule has 0 radical (unpaired) electrons. The Hall–Kier alpha value is -0.220. The van der Waals surface area contributed by atoms with Crippen molar-refractivity contribution in [3.63, 3.8) is 0 Å². The third-order valence-electron chi connectivity index (χ3n) is 1.89. The minimum absolute atomic E-state index is 0. The van der Waals surface area contributed by atoms with Crippen LogP contribution in [0.1, 0.15) is 5.56 Å². The Morgan fingerprint density at radius 2 is 1.93 bits per heavy atom. The van der Waals surface area contributed by atoms with Crippen LogP contribution < -0.4 is 5.73 Å². The molecule has 1 rings (SSSR count). The SMILES string of the molecule is CSc1ccc(CC(N)CO)cc1.Cl. The van der Waals surface area contributed by atoms with Gasteiger partial charge in [0.15, 0.2) is 0 Å². The summed E-state index contributed by atoms with van der Waals surface area (Å²) in [6, 6.07) is 8.12. The minimum atomic E-state index is -0.139. The second-order valence-electron chi connectivity index (χ2n) is 2.99. The average molecular weight is 234 g/mol. The fourth-order valence-electron chi connectivity index (χ4n) is 1.13. The van der Waals surface area contributed by atoms with E-state index in [1.54, 1.807) is 11.8 Å². The van der Waals surface area contributed by atoms with Gasteiger partial charge in [0, 0.05) is 10.9 Å². The van der Waals surface area contributed by atoms with E-state index in [4.69, 9.17) is 10.8 Å². The van der Waals surface area contributed by atoms with Crippen molar-refractivity contribution in [2.75, 3.05) is 12.9 Å². The van der Waals surface area contributed by atoms with E-state index in [-0.39, 0.29) is 25.1 Å². The van der Waals surface area contributed by atoms with Crippen molar-refractivity contribution in [1.82, 2.24) is 0 Å². The zero-order valence-electron chi connectivity index (χ0n) is 8.14. The quantitative estimate of drug-likeness (QED) is 0.779. The highest BCUT2D eigenvalue weighted by molar-refractivity contribution is 7.98. The van der Waals surface area contributed by atoms with Crippen LogP contribution in [0.4, 0.5) is 0 Å². The Morgan fingerprint density at radius 3 is 2.36 bits per heavy atom. The summed E-state index contributed by atoms with van der Waals surface area (Å²) >= 11 is 1.72. The van der Waals surface area contributed by atoms with Gasteiger partial charge in [-0.25, -0.2) is 0 Å². The van der Waals surface area contributed by atoms with Gasteiger partial charge >= 0.3 is 0 Å². The molecule has 0 fully saturated rings. The Kier molecular flexibility index (Phi) is 7.01. The lowest BCUT2D eigenvalue weighted by Crippen LogP contribution is -2.26. The van der Waals surface area contributed by atoms with Crippen molar-refractivity contribution in [3.05, 3.63) is 29.8 Å². The molecular formula is C10H16ClNOS. The molecule has 0 spiro atoms. The molecule has 14 heavy (non-hydrogen) atoms. The summed E-state index contributed by atoms with van der Waals surface area (Å²) in [5.41, 5.74) is 6.80. The zero-order chi connectivity index (χ0) is 9.68. The third-order valence-corrected chi connectivity index (χ3v) is 2.64. The number of nitrogens with two attached hydrogens (primary N) is 1. The van der Waals surface area contributed by atoms with Crippen LogP contribution in [-0.4, -0.2) is 24.0 Å². The number of aliphatic hydroxyl groups is 1. The van der Waals surface area contributed by atoms with E-state index in [2.05, 4.69) is 30.5 Å². The first-order valence-corrected chi connectivity index (χ1v) is 5.48. The van der Waals surface area contributed by atoms with Crippen LogP contribution in [0.5, 0.6) is 0 Å². The van der Waals surface area contributed by atoms with Crippen molar-refractivity contribution in [3.8, 4) is 0 Å². The minimum Gasteiger partial charge on any atom is -0.395 e. The Balaban J connectivity index is 0.00000169. The molecule has 1 unspecified atom stereocenters. The topological polar surface area (TPSA) is 46.2 Å². The van der Waals surface area contributed by atoms with E-state index in [1.807, 2.05) is 0 Å². The molecule has 80 valence electrons. The maximum absolute atomic E-state index is 8.77. The van der Waals surface area contributed by atoms with Gasteiger partial charge in [0.1, 0.15) is 0 Å². The second-order valence-corrected chi connectivity index (χ2v) is 3.87. The highest BCUT2D eigenvalue weighted by Crippen LogP contribution is 2.15. The normalized spacial score (nSPS) is 11.9. The molecule has 1 atom stereocenters. The van der Waals surface area contributed by atoms with Crippen LogP contribution in [0.25, 0.3) is 0 Å². The van der Waals surface area contributed by atoms with Crippen LogP contribution in [0.3, 0.4) is 0 Å². The van der Waals surface area contributed by atoms with Gasteiger partial charge in [-0.3, -0.25) is 0 Å². The fourth-order valence-corrected chi connectivity index (χ4v) is 1.54. The van der Waals surface area contributed by atoms with E-state index in [0.29, 0.717) is 0 Å². The van der Waals surface area contributed by atoms with Crippen LogP contribution in [-0.2, 0) is 6.42 Å². The molecule has 2 nitrogen and oxygen atoms in total. The van der Waals surface area contributed by atoms with Crippen molar-refractivity contribution in [2.45, 2.75) is 17.4 Å². The van der Waals surface area contributed by atoms with Crippen LogP contribution in [0, 0.1) is 0 Å². The first-order chi connectivity index (χ1) is 6.26. The Morgan fingerprint density at radius 1 is 1.36 bits per heavy atom. The van der Waals surface area contributed by atoms with Gasteiger partial charge in [-0.05, 0) is 30.4 Å². The van der Waals surface area contributed by atoms with Gasteiger partial charge in [-0.2, -0.15) is 0 Å². The summed E-state index contributed by atoms with van der Waals surface area (Å²) in [6.45, 7) is 0.0459. The summed E-state index contributed by atoms with van der Waals surface area (Å²) in [7, 11) is 0. The summed E-state index contributed by atoms with van der Waals surface area (Å²) < 4.78 is 0. The van der Waals surface area contributed by atoms with Gasteiger partial charge in [0.2, 0.25) is 0 Å². The number of rotatable bonds is 4. The summed E-state index contributed by atoms with van der Waals surface area (Å²) in [5.74, 6) is 0. The maximum atomic E-state index is 8.77. The molecule has 4 heteroatoms. The molecule has 0 aliphatic rings. The average Bonchev–Trinajstić information content (AvgIpc) is 2.19. The molecule has 0 aliphatic carbocycles. The van der Waals surface area contributed by atoms with Crippen molar-refractivity contribution in [2.24, 2.45) is 5.73 Å². The monoisotopic (exact) mass is 233 g/mol. The molecule has 0 amide bonds. The van der Waals surface area contributed by atoms with E-state index in [1.165, 1.54) is 10.5 Å². The number of halogens is 1. The predicted molar refractivity (Wildman–Crippen MR) is 64.2 cm³/mol. The molecular weight excluding hydrogens is 218 g/mol. The lowest BCUT2D eigenvalue weighted by Gasteiger charge is -2.07. The Labute approximate surface area is 95.3 Å². The molecule has 1 aromatic rings. The van der Waals surface area contributed by atoms with Gasteiger partial charge in [-0.15, -0.1) is 24.2 Å². The summed E-state index contributed by atoms with van der Waals surface area (Å²) in [6.07, 6.45) is 2.79. The number of thioether (sulfide) groups is 1. The number of hydrogen-bond donors (Lipinski definition) is 2.